The minimum Gasteiger partial charge on any atom is -0.493 e. The molecule has 0 amide bonds. The monoisotopic (exact) mass is 431 g/mol. The predicted octanol–water partition coefficient (Wildman–Crippen LogP) is 8.52. The van der Waals surface area contributed by atoms with Crippen molar-refractivity contribution in [3.05, 3.63) is 24.0 Å². The molecule has 0 heterocycles. The highest BCUT2D eigenvalue weighted by molar-refractivity contribution is 7.78. The molecule has 30 heavy (non-hydrogen) atoms. The second kappa shape index (κ2) is 12.6. The van der Waals surface area contributed by atoms with E-state index < -0.39 is 5.82 Å². The molecule has 0 spiro atoms. The Labute approximate surface area is 187 Å². The van der Waals surface area contributed by atoms with Gasteiger partial charge in [-0.05, 0) is 86.5 Å². The number of isothiocyanates is 1. The fraction of sp³-hybridized carbons (Fsp3) is 0.731. The first kappa shape index (κ1) is 23.4. The number of halogens is 1. The van der Waals surface area contributed by atoms with Crippen LogP contribution in [0.5, 0.6) is 5.75 Å². The quantitative estimate of drug-likeness (QED) is 0.210. The molecular formula is C26H38FNOS. The van der Waals surface area contributed by atoms with Crippen LogP contribution in [0.1, 0.15) is 90.4 Å². The van der Waals surface area contributed by atoms with Crippen LogP contribution in [0.3, 0.4) is 0 Å². The number of hydrogen-bond acceptors (Lipinski definition) is 3. The van der Waals surface area contributed by atoms with E-state index in [2.05, 4.69) is 29.3 Å². The van der Waals surface area contributed by atoms with Crippen molar-refractivity contribution in [3.8, 4) is 5.75 Å². The highest BCUT2D eigenvalue weighted by Gasteiger charge is 2.30. The summed E-state index contributed by atoms with van der Waals surface area (Å²) in [4.78, 5) is 3.71. The molecule has 0 saturated heterocycles. The topological polar surface area (TPSA) is 21.6 Å². The molecule has 4 heteroatoms. The molecule has 2 fully saturated rings. The molecule has 0 aliphatic heterocycles. The van der Waals surface area contributed by atoms with Gasteiger partial charge in [-0.15, -0.1) is 0 Å². The number of thiocarbonyl (C=S) groups is 1. The zero-order chi connectivity index (χ0) is 21.2. The van der Waals surface area contributed by atoms with Crippen molar-refractivity contribution in [1.82, 2.24) is 0 Å². The summed E-state index contributed by atoms with van der Waals surface area (Å²) in [6.07, 6.45) is 18.1. The third-order valence-electron chi connectivity index (χ3n) is 7.49. The molecule has 0 aromatic heterocycles. The van der Waals surface area contributed by atoms with Crippen molar-refractivity contribution in [3.63, 3.8) is 0 Å². The van der Waals surface area contributed by atoms with E-state index in [0.717, 1.165) is 17.8 Å². The molecule has 0 N–H and O–H groups in total. The van der Waals surface area contributed by atoms with Crippen LogP contribution in [0.4, 0.5) is 10.1 Å². The fourth-order valence-corrected chi connectivity index (χ4v) is 5.66. The Morgan fingerprint density at radius 2 is 1.63 bits per heavy atom. The van der Waals surface area contributed by atoms with Crippen LogP contribution in [0.25, 0.3) is 0 Å². The highest BCUT2D eigenvalue weighted by Crippen LogP contribution is 2.42. The molecule has 0 radical (unpaired) electrons. The second-order valence-electron chi connectivity index (χ2n) is 9.54. The Kier molecular flexibility index (Phi) is 9.81. The Morgan fingerprint density at radius 3 is 2.23 bits per heavy atom. The maximum atomic E-state index is 13.9. The Hall–Kier alpha value is -1.25. The van der Waals surface area contributed by atoms with Gasteiger partial charge in [-0.3, -0.25) is 0 Å². The Balaban J connectivity index is 1.33. The van der Waals surface area contributed by atoms with E-state index >= 15 is 0 Å². The van der Waals surface area contributed by atoms with Crippen molar-refractivity contribution in [1.29, 1.82) is 0 Å². The number of ether oxygens (including phenoxy) is 1. The van der Waals surface area contributed by atoms with Crippen molar-refractivity contribution < 1.29 is 9.13 Å². The molecule has 3 rings (SSSR count). The van der Waals surface area contributed by atoms with E-state index in [9.17, 15) is 4.39 Å². The largest absolute Gasteiger partial charge is 0.493 e. The average Bonchev–Trinajstić information content (AvgIpc) is 2.78. The third-order valence-corrected chi connectivity index (χ3v) is 7.58. The SMILES string of the molecule is CCCCCCC1CCC(C2CCC(COc3ccc(N=C=S)c(F)c3)CC2)CC1. The summed E-state index contributed by atoms with van der Waals surface area (Å²) in [7, 11) is 0. The lowest BCUT2D eigenvalue weighted by Crippen LogP contribution is -2.27. The van der Waals surface area contributed by atoms with Crippen LogP contribution >= 0.6 is 12.2 Å². The van der Waals surface area contributed by atoms with Gasteiger partial charge in [0.05, 0.1) is 11.8 Å². The summed E-state index contributed by atoms with van der Waals surface area (Å²) in [6.45, 7) is 2.98. The third kappa shape index (κ3) is 7.17. The maximum Gasteiger partial charge on any atom is 0.153 e. The summed E-state index contributed by atoms with van der Waals surface area (Å²) in [5.74, 6) is 3.65. The van der Waals surface area contributed by atoms with Crippen LogP contribution in [0, 0.1) is 29.5 Å². The fourth-order valence-electron chi connectivity index (χ4n) is 5.57. The van der Waals surface area contributed by atoms with Crippen molar-refractivity contribution in [2.75, 3.05) is 6.61 Å². The van der Waals surface area contributed by atoms with Crippen LogP contribution in [-0.4, -0.2) is 11.8 Å². The molecule has 0 bridgehead atoms. The van der Waals surface area contributed by atoms with Gasteiger partial charge in [0.2, 0.25) is 0 Å². The van der Waals surface area contributed by atoms with Gasteiger partial charge in [-0.1, -0.05) is 51.9 Å². The lowest BCUT2D eigenvalue weighted by molar-refractivity contribution is 0.121. The standard InChI is InChI=1S/C26H38FNOS/c1-2-3-4-5-6-20-7-11-22(12-8-20)23-13-9-21(10-14-23)18-29-24-15-16-26(28-19-30)25(27)17-24/h15-17,20-23H,2-14,18H2,1H3. The summed E-state index contributed by atoms with van der Waals surface area (Å²) in [5.41, 5.74) is 0.216. The zero-order valence-electron chi connectivity index (χ0n) is 18.6. The van der Waals surface area contributed by atoms with Crippen LogP contribution < -0.4 is 4.74 Å². The zero-order valence-corrected chi connectivity index (χ0v) is 19.4. The summed E-state index contributed by atoms with van der Waals surface area (Å²) < 4.78 is 19.8. The molecule has 2 saturated carbocycles. The van der Waals surface area contributed by atoms with Gasteiger partial charge in [0, 0.05) is 6.07 Å². The Bertz CT molecular complexity index is 686. The number of rotatable bonds is 10. The van der Waals surface area contributed by atoms with E-state index in [0.29, 0.717) is 18.3 Å². The second-order valence-corrected chi connectivity index (χ2v) is 9.72. The minimum atomic E-state index is -0.408. The molecule has 2 aliphatic rings. The van der Waals surface area contributed by atoms with E-state index in [1.807, 2.05) is 0 Å². The van der Waals surface area contributed by atoms with E-state index in [1.165, 1.54) is 89.5 Å². The Morgan fingerprint density at radius 1 is 0.967 bits per heavy atom. The van der Waals surface area contributed by atoms with E-state index in [4.69, 9.17) is 4.74 Å². The van der Waals surface area contributed by atoms with Gasteiger partial charge in [-0.25, -0.2) is 4.39 Å². The minimum absolute atomic E-state index is 0.216. The van der Waals surface area contributed by atoms with E-state index in [-0.39, 0.29) is 5.69 Å². The molecular weight excluding hydrogens is 393 g/mol. The lowest BCUT2D eigenvalue weighted by Gasteiger charge is -2.38. The number of hydrogen-bond donors (Lipinski definition) is 0. The van der Waals surface area contributed by atoms with Gasteiger partial charge in [0.1, 0.15) is 11.4 Å². The normalized spacial score (nSPS) is 26.7. The average molecular weight is 432 g/mol. The first-order valence-electron chi connectivity index (χ1n) is 12.2. The highest BCUT2D eigenvalue weighted by atomic mass is 32.1. The van der Waals surface area contributed by atoms with Crippen molar-refractivity contribution >= 4 is 23.1 Å². The first-order valence-corrected chi connectivity index (χ1v) is 12.6. The first-order chi connectivity index (χ1) is 14.7. The van der Waals surface area contributed by atoms with E-state index in [1.54, 1.807) is 12.1 Å². The molecule has 1 aromatic rings. The van der Waals surface area contributed by atoms with Gasteiger partial charge < -0.3 is 4.74 Å². The van der Waals surface area contributed by atoms with Crippen molar-refractivity contribution in [2.24, 2.45) is 28.7 Å². The molecule has 166 valence electrons. The lowest BCUT2D eigenvalue weighted by atomic mass is 9.69. The molecule has 1 aromatic carbocycles. The summed E-state index contributed by atoms with van der Waals surface area (Å²) in [5, 5.41) is 2.20. The van der Waals surface area contributed by atoms with Crippen LogP contribution in [0.2, 0.25) is 0 Å². The number of nitrogens with zero attached hydrogens (tertiary/aromatic N) is 1. The smallest absolute Gasteiger partial charge is 0.153 e. The van der Waals surface area contributed by atoms with Crippen molar-refractivity contribution in [2.45, 2.75) is 90.4 Å². The van der Waals surface area contributed by atoms with Gasteiger partial charge in [-0.2, -0.15) is 4.99 Å². The molecule has 2 nitrogen and oxygen atoms in total. The number of aliphatic imine (C=N–C) groups is 1. The van der Waals surface area contributed by atoms with Gasteiger partial charge in [0.25, 0.3) is 0 Å². The summed E-state index contributed by atoms with van der Waals surface area (Å²) >= 11 is 4.54. The van der Waals surface area contributed by atoms with Gasteiger partial charge >= 0.3 is 0 Å². The number of benzene rings is 1. The summed E-state index contributed by atoms with van der Waals surface area (Å²) in [6, 6.07) is 4.76. The molecule has 0 atom stereocenters. The van der Waals surface area contributed by atoms with Gasteiger partial charge in [0.15, 0.2) is 5.82 Å². The maximum absolute atomic E-state index is 13.9. The molecule has 2 aliphatic carbocycles. The molecule has 0 unspecified atom stereocenters. The number of unbranched alkanes of at least 4 members (excludes halogenated alkanes) is 3. The predicted molar refractivity (Wildman–Crippen MR) is 126 cm³/mol. The van der Waals surface area contributed by atoms with Crippen LogP contribution in [-0.2, 0) is 0 Å². The van der Waals surface area contributed by atoms with Crippen LogP contribution in [0.15, 0.2) is 23.2 Å².